The molecule has 3 rings (SSSR count). The molecule has 3 aromatic rings. The van der Waals surface area contributed by atoms with Crippen molar-refractivity contribution in [2.75, 3.05) is 5.43 Å². The molecule has 0 saturated heterocycles. The van der Waals surface area contributed by atoms with Gasteiger partial charge in [0.15, 0.2) is 0 Å². The Morgan fingerprint density at radius 2 is 1.87 bits per heavy atom. The molecule has 4 nitrogen and oxygen atoms in total. The van der Waals surface area contributed by atoms with E-state index in [1.165, 1.54) is 12.3 Å². The van der Waals surface area contributed by atoms with Crippen molar-refractivity contribution < 1.29 is 17.9 Å². The summed E-state index contributed by atoms with van der Waals surface area (Å²) in [5, 5.41) is 4.91. The van der Waals surface area contributed by atoms with Crippen molar-refractivity contribution in [1.82, 2.24) is 4.98 Å². The van der Waals surface area contributed by atoms with Crippen molar-refractivity contribution in [3.8, 4) is 5.75 Å². The van der Waals surface area contributed by atoms with Crippen LogP contribution in [0.15, 0.2) is 64.3 Å². The van der Waals surface area contributed by atoms with Gasteiger partial charge in [-0.15, -0.1) is 0 Å². The molecule has 0 radical (unpaired) electrons. The molecule has 0 unspecified atom stereocenters. The van der Waals surface area contributed by atoms with E-state index in [0.717, 1.165) is 23.4 Å². The van der Waals surface area contributed by atoms with Crippen molar-refractivity contribution in [3.63, 3.8) is 0 Å². The first kappa shape index (κ1) is 22.4. The number of ether oxygens (including phenoxy) is 1. The number of aromatic nitrogens is 1. The van der Waals surface area contributed by atoms with Crippen LogP contribution in [-0.2, 0) is 12.8 Å². The Bertz CT molecular complexity index is 1060. The normalized spacial score (nSPS) is 11.7. The van der Waals surface area contributed by atoms with E-state index in [1.54, 1.807) is 30.3 Å². The van der Waals surface area contributed by atoms with Gasteiger partial charge in [0, 0.05) is 6.20 Å². The molecule has 1 aromatic heterocycles. The SMILES string of the molecule is FC(F)(F)c1ccc(N/N=C\c2ccc(OCc3ccc(Cl)c(Cl)c3)c(Br)c2)nc1. The van der Waals surface area contributed by atoms with Crippen LogP contribution in [0, 0.1) is 0 Å². The van der Waals surface area contributed by atoms with Crippen LogP contribution >= 0.6 is 39.1 Å². The van der Waals surface area contributed by atoms with Gasteiger partial charge in [-0.3, -0.25) is 5.43 Å². The summed E-state index contributed by atoms with van der Waals surface area (Å²) in [7, 11) is 0. The molecule has 0 bridgehead atoms. The number of pyridine rings is 1. The maximum absolute atomic E-state index is 12.5. The van der Waals surface area contributed by atoms with E-state index in [9.17, 15) is 13.2 Å². The Labute approximate surface area is 188 Å². The maximum Gasteiger partial charge on any atom is 0.417 e. The molecule has 1 N–H and O–H groups in total. The van der Waals surface area contributed by atoms with Gasteiger partial charge in [-0.2, -0.15) is 18.3 Å². The molecule has 0 saturated carbocycles. The minimum absolute atomic E-state index is 0.194. The molecular formula is C20H13BrCl2F3N3O. The van der Waals surface area contributed by atoms with Gasteiger partial charge in [0.2, 0.25) is 0 Å². The van der Waals surface area contributed by atoms with Gasteiger partial charge in [0.05, 0.1) is 26.3 Å². The second-order valence-corrected chi connectivity index (χ2v) is 7.70. The zero-order valence-corrected chi connectivity index (χ0v) is 18.1. The highest BCUT2D eigenvalue weighted by molar-refractivity contribution is 9.10. The van der Waals surface area contributed by atoms with Gasteiger partial charge < -0.3 is 4.74 Å². The van der Waals surface area contributed by atoms with Crippen molar-refractivity contribution in [1.29, 1.82) is 0 Å². The summed E-state index contributed by atoms with van der Waals surface area (Å²) in [5.74, 6) is 0.815. The minimum Gasteiger partial charge on any atom is -0.488 e. The lowest BCUT2D eigenvalue weighted by atomic mass is 10.2. The molecule has 0 aliphatic rings. The fourth-order valence-electron chi connectivity index (χ4n) is 2.31. The van der Waals surface area contributed by atoms with E-state index in [-0.39, 0.29) is 5.82 Å². The highest BCUT2D eigenvalue weighted by Crippen LogP contribution is 2.29. The summed E-state index contributed by atoms with van der Waals surface area (Å²) in [6.07, 6.45) is -2.17. The van der Waals surface area contributed by atoms with Crippen molar-refractivity contribution >= 4 is 51.2 Å². The average molecular weight is 519 g/mol. The summed E-state index contributed by atoms with van der Waals surface area (Å²) in [6.45, 7) is 0.310. The average Bonchev–Trinajstić information content (AvgIpc) is 2.69. The van der Waals surface area contributed by atoms with Gasteiger partial charge in [-0.25, -0.2) is 4.98 Å². The fourth-order valence-corrected chi connectivity index (χ4v) is 3.14. The lowest BCUT2D eigenvalue weighted by molar-refractivity contribution is -0.137. The van der Waals surface area contributed by atoms with Crippen molar-refractivity contribution in [2.24, 2.45) is 5.10 Å². The van der Waals surface area contributed by atoms with Crippen LogP contribution < -0.4 is 10.2 Å². The molecule has 10 heteroatoms. The van der Waals surface area contributed by atoms with E-state index in [4.69, 9.17) is 27.9 Å². The lowest BCUT2D eigenvalue weighted by Crippen LogP contribution is -2.05. The summed E-state index contributed by atoms with van der Waals surface area (Å²) in [4.78, 5) is 3.68. The van der Waals surface area contributed by atoms with E-state index >= 15 is 0 Å². The zero-order valence-electron chi connectivity index (χ0n) is 15.1. The summed E-state index contributed by atoms with van der Waals surface area (Å²) in [5.41, 5.74) is 3.37. The summed E-state index contributed by atoms with van der Waals surface area (Å²) >= 11 is 15.3. The first-order valence-corrected chi connectivity index (χ1v) is 9.96. The number of benzene rings is 2. The van der Waals surface area contributed by atoms with Gasteiger partial charge in [0.1, 0.15) is 18.2 Å². The van der Waals surface area contributed by atoms with Crippen molar-refractivity contribution in [2.45, 2.75) is 12.8 Å². The standard InChI is InChI=1S/C20H13BrCl2F3N3O/c21-15-7-12(9-28-29-19-6-3-14(10-27-19)20(24,25)26)2-5-18(15)30-11-13-1-4-16(22)17(23)8-13/h1-10H,11H2,(H,27,29)/b28-9-. The number of hydrazone groups is 1. The topological polar surface area (TPSA) is 46.5 Å². The van der Waals surface area contributed by atoms with Crippen LogP contribution in [0.25, 0.3) is 0 Å². The molecule has 0 aliphatic heterocycles. The second-order valence-electron chi connectivity index (χ2n) is 6.03. The first-order valence-electron chi connectivity index (χ1n) is 8.41. The molecular weight excluding hydrogens is 506 g/mol. The number of halogens is 6. The molecule has 30 heavy (non-hydrogen) atoms. The maximum atomic E-state index is 12.5. The van der Waals surface area contributed by atoms with E-state index in [1.807, 2.05) is 6.07 Å². The summed E-state index contributed by atoms with van der Waals surface area (Å²) in [6, 6.07) is 12.7. The fraction of sp³-hybridized carbons (Fsp3) is 0.100. The number of nitrogens with one attached hydrogen (secondary N) is 1. The van der Waals surface area contributed by atoms with E-state index < -0.39 is 11.7 Å². The third-order valence-corrected chi connectivity index (χ3v) is 5.18. The zero-order chi connectivity index (χ0) is 21.7. The second kappa shape index (κ2) is 9.68. The van der Waals surface area contributed by atoms with E-state index in [0.29, 0.717) is 26.9 Å². The largest absolute Gasteiger partial charge is 0.488 e. The highest BCUT2D eigenvalue weighted by Gasteiger charge is 2.30. The molecule has 0 spiro atoms. The van der Waals surface area contributed by atoms with Crippen LogP contribution in [0.4, 0.5) is 19.0 Å². The Kier molecular flexibility index (Phi) is 7.23. The number of hydrogen-bond acceptors (Lipinski definition) is 4. The molecule has 0 amide bonds. The lowest BCUT2D eigenvalue weighted by Gasteiger charge is -2.09. The quantitative estimate of drug-likeness (QED) is 0.277. The Morgan fingerprint density at radius 3 is 2.50 bits per heavy atom. The summed E-state index contributed by atoms with van der Waals surface area (Å²) < 4.78 is 44.1. The van der Waals surface area contributed by atoms with Gasteiger partial charge >= 0.3 is 6.18 Å². The van der Waals surface area contributed by atoms with Crippen LogP contribution in [0.2, 0.25) is 10.0 Å². The number of hydrogen-bond donors (Lipinski definition) is 1. The van der Waals surface area contributed by atoms with Crippen molar-refractivity contribution in [3.05, 3.63) is 85.9 Å². The van der Waals surface area contributed by atoms with Crippen LogP contribution in [-0.4, -0.2) is 11.2 Å². The third kappa shape index (κ3) is 6.10. The Morgan fingerprint density at radius 1 is 1.07 bits per heavy atom. The third-order valence-electron chi connectivity index (χ3n) is 3.82. The molecule has 2 aromatic carbocycles. The molecule has 156 valence electrons. The van der Waals surface area contributed by atoms with Gasteiger partial charge in [0.25, 0.3) is 0 Å². The minimum atomic E-state index is -4.43. The number of anilines is 1. The smallest absolute Gasteiger partial charge is 0.417 e. The highest BCUT2D eigenvalue weighted by atomic mass is 79.9. The monoisotopic (exact) mass is 517 g/mol. The van der Waals surface area contributed by atoms with Crippen LogP contribution in [0.1, 0.15) is 16.7 Å². The predicted octanol–water partition coefficient (Wildman–Crippen LogP) is 7.19. The number of nitrogens with zero attached hydrogens (tertiary/aromatic N) is 2. The van der Waals surface area contributed by atoms with E-state index in [2.05, 4.69) is 31.4 Å². The Hall–Kier alpha value is -2.29. The molecule has 0 atom stereocenters. The number of alkyl halides is 3. The van der Waals surface area contributed by atoms with Gasteiger partial charge in [-0.1, -0.05) is 29.3 Å². The van der Waals surface area contributed by atoms with Crippen LogP contribution in [0.3, 0.4) is 0 Å². The predicted molar refractivity (Wildman–Crippen MR) is 115 cm³/mol. The Balaban J connectivity index is 1.58. The molecule has 1 heterocycles. The molecule has 0 fully saturated rings. The number of rotatable bonds is 6. The van der Waals surface area contributed by atoms with Crippen LogP contribution in [0.5, 0.6) is 5.75 Å². The first-order chi connectivity index (χ1) is 14.2. The molecule has 0 aliphatic carbocycles. The van der Waals surface area contributed by atoms with Gasteiger partial charge in [-0.05, 0) is 69.5 Å².